The van der Waals surface area contributed by atoms with Crippen LogP contribution < -0.4 is 0 Å². The molecule has 1 heterocycles. The van der Waals surface area contributed by atoms with Gasteiger partial charge in [-0.15, -0.1) is 0 Å². The Labute approximate surface area is 280 Å². The first kappa shape index (κ1) is 41.4. The summed E-state index contributed by atoms with van der Waals surface area (Å²) in [6.07, 6.45) is 54.4. The van der Waals surface area contributed by atoms with E-state index in [0.717, 1.165) is 0 Å². The van der Waals surface area contributed by atoms with Crippen LogP contribution in [0.15, 0.2) is 12.4 Å². The number of nitrogens with zero attached hydrogens (tertiary/aromatic N) is 2. The van der Waals surface area contributed by atoms with Gasteiger partial charge in [0.1, 0.15) is 6.17 Å². The zero-order valence-corrected chi connectivity index (χ0v) is 31.1. The molecule has 44 heavy (non-hydrogen) atoms. The predicted octanol–water partition coefficient (Wildman–Crippen LogP) is 14.7. The lowest BCUT2D eigenvalue weighted by molar-refractivity contribution is 0.135. The standard InChI is InChI=1S/C42H84N2/c1-4-7-10-13-15-17-19-21-22-23-25-27-29-31-33-36-39-44-41-40-43(42(44)37-34-12-9-6-3)38-35-32-30-28-26-24-20-18-16-14-11-8-5-2/h40-42H,4-39H2,1-3H3. The monoisotopic (exact) mass is 617 g/mol. The summed E-state index contributed by atoms with van der Waals surface area (Å²) in [5.74, 6) is 0. The van der Waals surface area contributed by atoms with Crippen molar-refractivity contribution in [1.29, 1.82) is 0 Å². The minimum atomic E-state index is 0.639. The molecule has 0 bridgehead atoms. The molecule has 0 saturated heterocycles. The molecule has 0 spiro atoms. The van der Waals surface area contributed by atoms with Crippen molar-refractivity contribution in [3.05, 3.63) is 12.4 Å². The molecule has 0 saturated carbocycles. The largest absolute Gasteiger partial charge is 0.356 e. The zero-order chi connectivity index (χ0) is 31.6. The van der Waals surface area contributed by atoms with Gasteiger partial charge in [-0.1, -0.05) is 213 Å². The molecule has 2 heteroatoms. The fourth-order valence-corrected chi connectivity index (χ4v) is 7.25. The summed E-state index contributed by atoms with van der Waals surface area (Å²) in [5, 5.41) is 0. The highest BCUT2D eigenvalue weighted by Crippen LogP contribution is 2.24. The number of hydrogen-bond acceptors (Lipinski definition) is 2. The van der Waals surface area contributed by atoms with E-state index in [2.05, 4.69) is 43.0 Å². The molecule has 2 nitrogen and oxygen atoms in total. The van der Waals surface area contributed by atoms with Gasteiger partial charge >= 0.3 is 0 Å². The number of rotatable bonds is 36. The van der Waals surface area contributed by atoms with Crippen LogP contribution in [0.2, 0.25) is 0 Å². The highest BCUT2D eigenvalue weighted by atomic mass is 15.4. The third-order valence-electron chi connectivity index (χ3n) is 10.3. The third kappa shape index (κ3) is 25.5. The van der Waals surface area contributed by atoms with Gasteiger partial charge < -0.3 is 9.80 Å². The summed E-state index contributed by atoms with van der Waals surface area (Å²) in [7, 11) is 0. The maximum Gasteiger partial charge on any atom is 0.101 e. The SMILES string of the molecule is CCCCCCCCCCCCCCCCCCN1C=CN(CCCCCCCCCCCCCCC)C1CCCCCC. The van der Waals surface area contributed by atoms with Crippen molar-refractivity contribution >= 4 is 0 Å². The molecule has 0 amide bonds. The molecule has 0 N–H and O–H groups in total. The van der Waals surface area contributed by atoms with Crippen molar-refractivity contribution in [3.63, 3.8) is 0 Å². The average molecular weight is 617 g/mol. The third-order valence-corrected chi connectivity index (χ3v) is 10.3. The predicted molar refractivity (Wildman–Crippen MR) is 200 cm³/mol. The fourth-order valence-electron chi connectivity index (χ4n) is 7.25. The van der Waals surface area contributed by atoms with E-state index in [1.165, 1.54) is 231 Å². The normalized spacial score (nSPS) is 14.8. The minimum absolute atomic E-state index is 0.639. The molecule has 0 aromatic heterocycles. The second-order valence-electron chi connectivity index (χ2n) is 14.6. The van der Waals surface area contributed by atoms with E-state index in [1.807, 2.05) is 0 Å². The van der Waals surface area contributed by atoms with E-state index >= 15 is 0 Å². The van der Waals surface area contributed by atoms with Crippen LogP contribution in [0.4, 0.5) is 0 Å². The molecular weight excluding hydrogens is 532 g/mol. The Balaban J connectivity index is 2.06. The van der Waals surface area contributed by atoms with Crippen LogP contribution in [-0.4, -0.2) is 29.1 Å². The summed E-state index contributed by atoms with van der Waals surface area (Å²) < 4.78 is 0. The fraction of sp³-hybridized carbons (Fsp3) is 0.952. The molecule has 1 atom stereocenters. The van der Waals surface area contributed by atoms with Gasteiger partial charge in [0, 0.05) is 25.5 Å². The van der Waals surface area contributed by atoms with E-state index in [-0.39, 0.29) is 0 Å². The van der Waals surface area contributed by atoms with Gasteiger partial charge in [0.2, 0.25) is 0 Å². The van der Waals surface area contributed by atoms with Crippen molar-refractivity contribution in [2.75, 3.05) is 13.1 Å². The molecule has 0 aromatic rings. The second-order valence-corrected chi connectivity index (χ2v) is 14.6. The maximum absolute atomic E-state index is 2.71. The summed E-state index contributed by atoms with van der Waals surface area (Å²) in [4.78, 5) is 5.41. The first-order valence-corrected chi connectivity index (χ1v) is 21.0. The van der Waals surface area contributed by atoms with Crippen LogP contribution >= 0.6 is 0 Å². The molecule has 0 radical (unpaired) electrons. The molecule has 1 rings (SSSR count). The molecule has 0 aromatic carbocycles. The van der Waals surface area contributed by atoms with Crippen LogP contribution in [0.3, 0.4) is 0 Å². The topological polar surface area (TPSA) is 6.48 Å². The Bertz CT molecular complexity index is 572. The first-order valence-electron chi connectivity index (χ1n) is 21.0. The lowest BCUT2D eigenvalue weighted by Crippen LogP contribution is -2.39. The van der Waals surface area contributed by atoms with Crippen LogP contribution in [0, 0.1) is 0 Å². The molecule has 0 aliphatic carbocycles. The van der Waals surface area contributed by atoms with Crippen LogP contribution in [-0.2, 0) is 0 Å². The minimum Gasteiger partial charge on any atom is -0.356 e. The molecule has 262 valence electrons. The van der Waals surface area contributed by atoms with E-state index in [9.17, 15) is 0 Å². The lowest BCUT2D eigenvalue weighted by atomic mass is 10.0. The van der Waals surface area contributed by atoms with Gasteiger partial charge in [0.25, 0.3) is 0 Å². The maximum atomic E-state index is 2.71. The van der Waals surface area contributed by atoms with Gasteiger partial charge in [0.15, 0.2) is 0 Å². The van der Waals surface area contributed by atoms with E-state index < -0.39 is 0 Å². The average Bonchev–Trinajstić information content (AvgIpc) is 3.42. The van der Waals surface area contributed by atoms with Crippen LogP contribution in [0.5, 0.6) is 0 Å². The van der Waals surface area contributed by atoms with E-state index in [0.29, 0.717) is 6.17 Å². The summed E-state index contributed by atoms with van der Waals surface area (Å²) in [6, 6.07) is 0. The van der Waals surface area contributed by atoms with Crippen LogP contribution in [0.25, 0.3) is 0 Å². The summed E-state index contributed by atoms with van der Waals surface area (Å²) in [5.41, 5.74) is 0. The smallest absolute Gasteiger partial charge is 0.101 e. The Morgan fingerprint density at radius 2 is 0.523 bits per heavy atom. The highest BCUT2D eigenvalue weighted by Gasteiger charge is 2.24. The lowest BCUT2D eigenvalue weighted by Gasteiger charge is -2.33. The summed E-state index contributed by atoms with van der Waals surface area (Å²) in [6.45, 7) is 9.49. The Hall–Kier alpha value is -0.660. The van der Waals surface area contributed by atoms with E-state index in [4.69, 9.17) is 0 Å². The molecular formula is C42H84N2. The Morgan fingerprint density at radius 3 is 0.795 bits per heavy atom. The highest BCUT2D eigenvalue weighted by molar-refractivity contribution is 4.97. The first-order chi connectivity index (χ1) is 21.8. The van der Waals surface area contributed by atoms with E-state index in [1.54, 1.807) is 0 Å². The van der Waals surface area contributed by atoms with Gasteiger partial charge in [-0.2, -0.15) is 0 Å². The number of unbranched alkanes of at least 4 members (excludes halogenated alkanes) is 30. The van der Waals surface area contributed by atoms with Gasteiger partial charge in [-0.25, -0.2) is 0 Å². The molecule has 0 fully saturated rings. The van der Waals surface area contributed by atoms with Gasteiger partial charge in [-0.3, -0.25) is 0 Å². The van der Waals surface area contributed by atoms with Crippen molar-refractivity contribution < 1.29 is 0 Å². The number of hydrogen-bond donors (Lipinski definition) is 0. The van der Waals surface area contributed by atoms with Gasteiger partial charge in [0.05, 0.1) is 0 Å². The molecule has 1 aliphatic rings. The summed E-state index contributed by atoms with van der Waals surface area (Å²) >= 11 is 0. The Morgan fingerprint density at radius 1 is 0.295 bits per heavy atom. The van der Waals surface area contributed by atoms with Crippen molar-refractivity contribution in [2.45, 2.75) is 245 Å². The van der Waals surface area contributed by atoms with Crippen molar-refractivity contribution in [1.82, 2.24) is 9.80 Å². The Kier molecular flexibility index (Phi) is 31.7. The van der Waals surface area contributed by atoms with Crippen molar-refractivity contribution in [3.8, 4) is 0 Å². The molecule has 1 unspecified atom stereocenters. The quantitative estimate of drug-likeness (QED) is 0.0646. The van der Waals surface area contributed by atoms with Crippen molar-refractivity contribution in [2.24, 2.45) is 0 Å². The molecule has 1 aliphatic heterocycles. The zero-order valence-electron chi connectivity index (χ0n) is 31.1. The van der Waals surface area contributed by atoms with Crippen LogP contribution in [0.1, 0.15) is 239 Å². The van der Waals surface area contributed by atoms with Gasteiger partial charge in [-0.05, 0) is 25.7 Å². The second kappa shape index (κ2) is 33.7.